The highest BCUT2D eigenvalue weighted by Crippen LogP contribution is 2.26. The first-order valence-electron chi connectivity index (χ1n) is 26.9. The Morgan fingerprint density at radius 1 is 0.493 bits per heavy atom. The van der Waals surface area contributed by atoms with E-state index in [2.05, 4.69) is 74.6 Å². The van der Waals surface area contributed by atoms with Crippen molar-refractivity contribution >= 4 is 5.97 Å². The molecule has 0 aromatic rings. The summed E-state index contributed by atoms with van der Waals surface area (Å²) < 4.78 is 34.3. The molecule has 2 fully saturated rings. The molecule has 0 amide bonds. The van der Waals surface area contributed by atoms with Crippen LogP contribution in [0.5, 0.6) is 0 Å². The third-order valence-corrected chi connectivity index (χ3v) is 12.5. The fraction of sp³-hybridized carbons (Fsp3) is 0.800. The number of allylic oxidation sites excluding steroid dienone is 10. The highest BCUT2D eigenvalue weighted by molar-refractivity contribution is 5.69. The molecule has 0 spiro atoms. The van der Waals surface area contributed by atoms with Crippen LogP contribution in [0.4, 0.5) is 0 Å². The molecule has 14 nitrogen and oxygen atoms in total. The summed E-state index contributed by atoms with van der Waals surface area (Å²) >= 11 is 0. The van der Waals surface area contributed by atoms with Gasteiger partial charge in [0.1, 0.15) is 54.9 Å². The zero-order valence-corrected chi connectivity index (χ0v) is 42.5. The Kier molecular flexibility index (Phi) is 38.4. The van der Waals surface area contributed by atoms with Crippen molar-refractivity contribution in [2.45, 2.75) is 248 Å². The normalized spacial score (nSPS) is 26.2. The number of carbonyl (C=O) groups is 1. The number of esters is 1. The van der Waals surface area contributed by atoms with E-state index in [1.54, 1.807) is 0 Å². The van der Waals surface area contributed by atoms with E-state index in [-0.39, 0.29) is 25.6 Å². The van der Waals surface area contributed by atoms with Crippen LogP contribution in [0.2, 0.25) is 0 Å². The van der Waals surface area contributed by atoms with Crippen LogP contribution in [0.1, 0.15) is 181 Å². The molecule has 0 aromatic carbocycles. The van der Waals surface area contributed by atoms with Gasteiger partial charge in [0.05, 0.1) is 26.4 Å². The van der Waals surface area contributed by atoms with E-state index in [0.717, 1.165) is 77.0 Å². The Hall–Kier alpha value is -2.31. The van der Waals surface area contributed by atoms with Gasteiger partial charge in [-0.25, -0.2) is 0 Å². The molecule has 0 bridgehead atoms. The maximum Gasteiger partial charge on any atom is 0.306 e. The van der Waals surface area contributed by atoms with Crippen molar-refractivity contribution in [2.24, 2.45) is 0 Å². The molecule has 2 aliphatic heterocycles. The van der Waals surface area contributed by atoms with Gasteiger partial charge in [-0.05, 0) is 77.0 Å². The van der Waals surface area contributed by atoms with Crippen LogP contribution in [-0.2, 0) is 33.2 Å². The van der Waals surface area contributed by atoms with Gasteiger partial charge in [-0.15, -0.1) is 0 Å². The fourth-order valence-corrected chi connectivity index (χ4v) is 8.15. The number of hydrogen-bond acceptors (Lipinski definition) is 14. The van der Waals surface area contributed by atoms with Crippen molar-refractivity contribution in [3.8, 4) is 0 Å². The molecule has 14 heteroatoms. The summed E-state index contributed by atoms with van der Waals surface area (Å²) in [5.74, 6) is -0.388. The molecule has 2 saturated heterocycles. The minimum Gasteiger partial charge on any atom is -0.457 e. The SMILES string of the molecule is CC/C=C\C/C=C\C/C=C\C/C=C\CCCCCCCCCCC(=O)OC(COCCCCCCCC/C=C\CCCCCC)COC1OC(COC2OC(CO)C(O)C(O)C2O)C(O)C(O)C1O. The minimum atomic E-state index is -1.71. The Morgan fingerprint density at radius 2 is 0.942 bits per heavy atom. The van der Waals surface area contributed by atoms with Gasteiger partial charge in [-0.2, -0.15) is 0 Å². The molecule has 2 aliphatic rings. The minimum absolute atomic E-state index is 0.0520. The first-order valence-corrected chi connectivity index (χ1v) is 26.9. The molecule has 69 heavy (non-hydrogen) atoms. The van der Waals surface area contributed by atoms with Gasteiger partial charge in [-0.1, -0.05) is 158 Å². The first-order chi connectivity index (χ1) is 33.6. The first kappa shape index (κ1) is 62.8. The summed E-state index contributed by atoms with van der Waals surface area (Å²) in [5, 5.41) is 72.2. The number of hydrogen-bond donors (Lipinski definition) is 7. The molecule has 0 radical (unpaired) electrons. The van der Waals surface area contributed by atoms with Gasteiger partial charge in [0.2, 0.25) is 0 Å². The molecular weight excluding hydrogens is 885 g/mol. The van der Waals surface area contributed by atoms with E-state index in [1.165, 1.54) is 77.0 Å². The Bertz CT molecular complexity index is 1370. The third kappa shape index (κ3) is 29.7. The summed E-state index contributed by atoms with van der Waals surface area (Å²) in [6, 6.07) is 0. The second kappa shape index (κ2) is 42.2. The van der Waals surface area contributed by atoms with E-state index in [0.29, 0.717) is 13.0 Å². The maximum absolute atomic E-state index is 13.0. The van der Waals surface area contributed by atoms with Crippen molar-refractivity contribution in [2.75, 3.05) is 33.0 Å². The van der Waals surface area contributed by atoms with Crippen molar-refractivity contribution in [3.05, 3.63) is 60.8 Å². The summed E-state index contributed by atoms with van der Waals surface area (Å²) in [6.45, 7) is 3.53. The smallest absolute Gasteiger partial charge is 0.306 e. The molecule has 0 aromatic heterocycles. The molecule has 400 valence electrons. The molecule has 7 N–H and O–H groups in total. The van der Waals surface area contributed by atoms with E-state index >= 15 is 0 Å². The molecule has 2 rings (SSSR count). The van der Waals surface area contributed by atoms with Gasteiger partial charge >= 0.3 is 5.97 Å². The predicted octanol–water partition coefficient (Wildman–Crippen LogP) is 8.52. The molecule has 0 aliphatic carbocycles. The Balaban J connectivity index is 1.75. The summed E-state index contributed by atoms with van der Waals surface area (Å²) in [6.07, 6.45) is 34.2. The van der Waals surface area contributed by atoms with Gasteiger partial charge in [0.25, 0.3) is 0 Å². The maximum atomic E-state index is 13.0. The molecule has 11 unspecified atom stereocenters. The van der Waals surface area contributed by atoms with Crippen LogP contribution in [0.15, 0.2) is 60.8 Å². The van der Waals surface area contributed by atoms with E-state index in [9.17, 15) is 40.5 Å². The largest absolute Gasteiger partial charge is 0.457 e. The van der Waals surface area contributed by atoms with Gasteiger partial charge in [-0.3, -0.25) is 4.79 Å². The zero-order valence-electron chi connectivity index (χ0n) is 42.5. The highest BCUT2D eigenvalue weighted by Gasteiger charge is 2.47. The summed E-state index contributed by atoms with van der Waals surface area (Å²) in [7, 11) is 0. The quantitative estimate of drug-likeness (QED) is 0.0174. The topological polar surface area (TPSA) is 214 Å². The second-order valence-corrected chi connectivity index (χ2v) is 18.7. The van der Waals surface area contributed by atoms with Crippen molar-refractivity contribution in [1.82, 2.24) is 0 Å². The number of rotatable bonds is 42. The lowest BCUT2D eigenvalue weighted by Crippen LogP contribution is -2.61. The van der Waals surface area contributed by atoms with Crippen LogP contribution < -0.4 is 0 Å². The van der Waals surface area contributed by atoms with Crippen molar-refractivity contribution in [1.29, 1.82) is 0 Å². The Labute approximate surface area is 415 Å². The van der Waals surface area contributed by atoms with Crippen LogP contribution in [0, 0.1) is 0 Å². The van der Waals surface area contributed by atoms with Gasteiger partial charge in [0.15, 0.2) is 12.6 Å². The zero-order chi connectivity index (χ0) is 50.2. The molecule has 2 heterocycles. The van der Waals surface area contributed by atoms with Gasteiger partial charge in [0, 0.05) is 13.0 Å². The lowest BCUT2D eigenvalue weighted by molar-refractivity contribution is -0.332. The molecule has 11 atom stereocenters. The highest BCUT2D eigenvalue weighted by atomic mass is 16.7. The van der Waals surface area contributed by atoms with Crippen molar-refractivity contribution in [3.63, 3.8) is 0 Å². The number of carbonyl (C=O) groups excluding carboxylic acids is 1. The van der Waals surface area contributed by atoms with E-state index < -0.39 is 80.7 Å². The number of ether oxygens (including phenoxy) is 6. The third-order valence-electron chi connectivity index (χ3n) is 12.5. The summed E-state index contributed by atoms with van der Waals surface area (Å²) in [5.41, 5.74) is 0. The lowest BCUT2D eigenvalue weighted by Gasteiger charge is -2.42. The van der Waals surface area contributed by atoms with E-state index in [1.807, 2.05) is 0 Å². The van der Waals surface area contributed by atoms with Crippen LogP contribution in [0.3, 0.4) is 0 Å². The van der Waals surface area contributed by atoms with Crippen LogP contribution in [-0.4, -0.2) is 142 Å². The average Bonchev–Trinajstić information content (AvgIpc) is 3.35. The van der Waals surface area contributed by atoms with Crippen LogP contribution >= 0.6 is 0 Å². The lowest BCUT2D eigenvalue weighted by atomic mass is 9.98. The Morgan fingerprint density at radius 3 is 1.49 bits per heavy atom. The van der Waals surface area contributed by atoms with Crippen molar-refractivity contribution < 1.29 is 69.0 Å². The fourth-order valence-electron chi connectivity index (χ4n) is 8.15. The molecular formula is C55H96O14. The monoisotopic (exact) mass is 981 g/mol. The number of aliphatic hydroxyl groups excluding tert-OH is 7. The summed E-state index contributed by atoms with van der Waals surface area (Å²) in [4.78, 5) is 13.0. The predicted molar refractivity (Wildman–Crippen MR) is 270 cm³/mol. The van der Waals surface area contributed by atoms with Crippen LogP contribution in [0.25, 0.3) is 0 Å². The molecule has 0 saturated carbocycles. The number of aliphatic hydroxyl groups is 7. The van der Waals surface area contributed by atoms with E-state index in [4.69, 9.17) is 28.4 Å². The standard InChI is InChI=1S/C55H96O14/c1-3-5-7-9-11-13-15-17-19-20-21-22-23-24-25-26-28-30-32-34-36-38-47(57)67-44(41-64-39-37-35-33-31-29-27-18-16-14-12-10-8-6-4-2)42-65-54-53(63)51(61)49(59)46(69-54)43-66-55-52(62)50(60)48(58)45(40-56)68-55/h5,7,11,13-14,16-17,19,21-22,44-46,48-56,58-63H,3-4,6,8-10,12,15,18,20,23-43H2,1-2H3/b7-5-,13-11-,16-14-,19-17-,22-21-. The average molecular weight is 981 g/mol. The second-order valence-electron chi connectivity index (χ2n) is 18.7. The number of unbranched alkanes of at least 4 members (excludes halogenated alkanes) is 18. The van der Waals surface area contributed by atoms with Gasteiger partial charge < -0.3 is 64.2 Å².